The van der Waals surface area contributed by atoms with Gasteiger partial charge in [-0.15, -0.1) is 0 Å². The summed E-state index contributed by atoms with van der Waals surface area (Å²) >= 11 is 0. The van der Waals surface area contributed by atoms with Gasteiger partial charge >= 0.3 is 0 Å². The summed E-state index contributed by atoms with van der Waals surface area (Å²) in [5, 5.41) is 3.67. The van der Waals surface area contributed by atoms with Crippen LogP contribution in [-0.4, -0.2) is 37.1 Å². The Hall–Kier alpha value is -0.0800. The Kier molecular flexibility index (Phi) is 5.92. The number of rotatable bonds is 8. The van der Waals surface area contributed by atoms with Crippen LogP contribution in [0.3, 0.4) is 0 Å². The third kappa shape index (κ3) is 4.73. The third-order valence-corrected chi connectivity index (χ3v) is 5.14. The van der Waals surface area contributed by atoms with Crippen molar-refractivity contribution in [2.45, 2.75) is 72.3 Å². The van der Waals surface area contributed by atoms with E-state index >= 15 is 0 Å². The first-order valence-corrected chi connectivity index (χ1v) is 8.99. The number of hydrogen-bond donors (Lipinski definition) is 1. The van der Waals surface area contributed by atoms with Crippen LogP contribution in [0, 0.1) is 17.3 Å². The van der Waals surface area contributed by atoms with Gasteiger partial charge in [-0.25, -0.2) is 0 Å². The highest BCUT2D eigenvalue weighted by Crippen LogP contribution is 2.41. The van der Waals surface area contributed by atoms with Crippen LogP contribution in [0.2, 0.25) is 0 Å². The van der Waals surface area contributed by atoms with Gasteiger partial charge < -0.3 is 5.32 Å². The minimum atomic E-state index is 0.547. The van der Waals surface area contributed by atoms with Crippen LogP contribution in [0.5, 0.6) is 0 Å². The monoisotopic (exact) mass is 280 g/mol. The van der Waals surface area contributed by atoms with Gasteiger partial charge in [0.25, 0.3) is 0 Å². The van der Waals surface area contributed by atoms with Gasteiger partial charge in [-0.2, -0.15) is 0 Å². The molecule has 2 saturated carbocycles. The van der Waals surface area contributed by atoms with Crippen molar-refractivity contribution in [1.29, 1.82) is 0 Å². The molecule has 1 N–H and O–H groups in total. The Balaban J connectivity index is 2.00. The highest BCUT2D eigenvalue weighted by molar-refractivity contribution is 4.94. The van der Waals surface area contributed by atoms with E-state index in [0.29, 0.717) is 5.41 Å². The SMILES string of the molecule is CCNCC1(CN(CC(C)C)C2CC2)CCCC(C)C1. The minimum absolute atomic E-state index is 0.547. The zero-order valence-corrected chi connectivity index (χ0v) is 14.3. The summed E-state index contributed by atoms with van der Waals surface area (Å²) in [6.45, 7) is 14.4. The van der Waals surface area contributed by atoms with E-state index in [9.17, 15) is 0 Å². The molecule has 118 valence electrons. The second-order valence-electron chi connectivity index (χ2n) is 8.04. The van der Waals surface area contributed by atoms with Crippen molar-refractivity contribution in [3.8, 4) is 0 Å². The molecule has 0 saturated heterocycles. The number of nitrogens with one attached hydrogen (secondary N) is 1. The summed E-state index contributed by atoms with van der Waals surface area (Å²) in [4.78, 5) is 2.83. The fourth-order valence-corrected chi connectivity index (χ4v) is 4.20. The zero-order chi connectivity index (χ0) is 14.6. The van der Waals surface area contributed by atoms with Crippen LogP contribution in [0.25, 0.3) is 0 Å². The average molecular weight is 280 g/mol. The lowest BCUT2D eigenvalue weighted by Gasteiger charge is -2.44. The van der Waals surface area contributed by atoms with Gasteiger partial charge in [-0.05, 0) is 49.5 Å². The normalized spacial score (nSPS) is 31.2. The molecule has 0 aromatic rings. The molecule has 0 bridgehead atoms. The van der Waals surface area contributed by atoms with Crippen molar-refractivity contribution >= 4 is 0 Å². The largest absolute Gasteiger partial charge is 0.316 e. The van der Waals surface area contributed by atoms with Crippen LogP contribution in [0.1, 0.15) is 66.2 Å². The molecule has 0 aliphatic heterocycles. The van der Waals surface area contributed by atoms with Crippen molar-refractivity contribution in [2.24, 2.45) is 17.3 Å². The summed E-state index contributed by atoms with van der Waals surface area (Å²) in [5.74, 6) is 1.72. The Morgan fingerprint density at radius 3 is 2.55 bits per heavy atom. The standard InChI is InChI=1S/C18H36N2/c1-5-19-13-18(10-6-7-16(4)11-18)14-20(12-15(2)3)17-8-9-17/h15-17,19H,5-14H2,1-4H3. The lowest BCUT2D eigenvalue weighted by molar-refractivity contribution is 0.0704. The molecule has 20 heavy (non-hydrogen) atoms. The smallest absolute Gasteiger partial charge is 0.00967 e. The molecule has 2 heteroatoms. The molecule has 2 aliphatic rings. The van der Waals surface area contributed by atoms with Gasteiger partial charge in [-0.3, -0.25) is 4.90 Å². The summed E-state index contributed by atoms with van der Waals surface area (Å²) < 4.78 is 0. The summed E-state index contributed by atoms with van der Waals surface area (Å²) in [6, 6.07) is 0.910. The minimum Gasteiger partial charge on any atom is -0.316 e. The second kappa shape index (κ2) is 7.26. The van der Waals surface area contributed by atoms with E-state index in [2.05, 4.69) is 37.9 Å². The third-order valence-electron chi connectivity index (χ3n) is 5.14. The van der Waals surface area contributed by atoms with E-state index < -0.39 is 0 Å². The lowest BCUT2D eigenvalue weighted by Crippen LogP contribution is -2.48. The highest BCUT2D eigenvalue weighted by atomic mass is 15.2. The molecule has 0 amide bonds. The van der Waals surface area contributed by atoms with Gasteiger partial charge in [-0.1, -0.05) is 40.5 Å². The van der Waals surface area contributed by atoms with E-state index in [1.165, 1.54) is 58.2 Å². The Labute approximate surface area is 126 Å². The van der Waals surface area contributed by atoms with Crippen molar-refractivity contribution < 1.29 is 0 Å². The maximum atomic E-state index is 3.67. The Morgan fingerprint density at radius 2 is 2.00 bits per heavy atom. The van der Waals surface area contributed by atoms with Crippen molar-refractivity contribution in [3.63, 3.8) is 0 Å². The first kappa shape index (κ1) is 16.3. The molecule has 2 aliphatic carbocycles. The van der Waals surface area contributed by atoms with Gasteiger partial charge in [0.05, 0.1) is 0 Å². The predicted octanol–water partition coefficient (Wildman–Crippen LogP) is 3.91. The van der Waals surface area contributed by atoms with Crippen molar-refractivity contribution in [3.05, 3.63) is 0 Å². The molecular weight excluding hydrogens is 244 g/mol. The van der Waals surface area contributed by atoms with Gasteiger partial charge in [0.15, 0.2) is 0 Å². The maximum absolute atomic E-state index is 3.67. The molecular formula is C18H36N2. The molecule has 2 unspecified atom stereocenters. The van der Waals surface area contributed by atoms with Crippen LogP contribution in [-0.2, 0) is 0 Å². The van der Waals surface area contributed by atoms with Crippen molar-refractivity contribution in [2.75, 3.05) is 26.2 Å². The first-order chi connectivity index (χ1) is 9.54. The Bertz CT molecular complexity index is 285. The Morgan fingerprint density at radius 1 is 1.25 bits per heavy atom. The molecule has 2 fully saturated rings. The summed E-state index contributed by atoms with van der Waals surface area (Å²) in [7, 11) is 0. The van der Waals surface area contributed by atoms with Crippen LogP contribution < -0.4 is 5.32 Å². The molecule has 0 heterocycles. The predicted molar refractivity (Wildman–Crippen MR) is 88.0 cm³/mol. The molecule has 0 aromatic carbocycles. The summed E-state index contributed by atoms with van der Waals surface area (Å²) in [6.07, 6.45) is 8.64. The molecule has 0 spiro atoms. The fourth-order valence-electron chi connectivity index (χ4n) is 4.20. The van der Waals surface area contributed by atoms with E-state index in [0.717, 1.165) is 24.4 Å². The molecule has 2 nitrogen and oxygen atoms in total. The maximum Gasteiger partial charge on any atom is 0.00967 e. The van der Waals surface area contributed by atoms with Crippen LogP contribution >= 0.6 is 0 Å². The molecule has 0 aromatic heterocycles. The van der Waals surface area contributed by atoms with Gasteiger partial charge in [0, 0.05) is 25.7 Å². The van der Waals surface area contributed by atoms with E-state index in [1.807, 2.05) is 0 Å². The molecule has 2 rings (SSSR count). The van der Waals surface area contributed by atoms with Crippen LogP contribution in [0.4, 0.5) is 0 Å². The lowest BCUT2D eigenvalue weighted by atomic mass is 9.69. The van der Waals surface area contributed by atoms with Gasteiger partial charge in [0.1, 0.15) is 0 Å². The summed E-state index contributed by atoms with van der Waals surface area (Å²) in [5.41, 5.74) is 0.547. The zero-order valence-electron chi connectivity index (χ0n) is 14.3. The van der Waals surface area contributed by atoms with Gasteiger partial charge in [0.2, 0.25) is 0 Å². The topological polar surface area (TPSA) is 15.3 Å². The number of hydrogen-bond acceptors (Lipinski definition) is 2. The molecule has 2 atom stereocenters. The quantitative estimate of drug-likeness (QED) is 0.725. The number of nitrogens with zero attached hydrogens (tertiary/aromatic N) is 1. The van der Waals surface area contributed by atoms with Crippen molar-refractivity contribution in [1.82, 2.24) is 10.2 Å². The van der Waals surface area contributed by atoms with E-state index in [1.54, 1.807) is 0 Å². The second-order valence-corrected chi connectivity index (χ2v) is 8.04. The highest BCUT2D eigenvalue weighted by Gasteiger charge is 2.39. The fraction of sp³-hybridized carbons (Fsp3) is 1.00. The first-order valence-electron chi connectivity index (χ1n) is 8.99. The van der Waals surface area contributed by atoms with E-state index in [-0.39, 0.29) is 0 Å². The van der Waals surface area contributed by atoms with E-state index in [4.69, 9.17) is 0 Å². The van der Waals surface area contributed by atoms with Crippen LogP contribution in [0.15, 0.2) is 0 Å². The molecule has 0 radical (unpaired) electrons. The average Bonchev–Trinajstić information content (AvgIpc) is 3.19.